The Morgan fingerprint density at radius 1 is 1.26 bits per heavy atom. The standard InChI is InChI=1S/C25H28F3N7O2.C2H6/c1-34-9-6-16(7-10-34)31-19-3-2-4-20-18(19)12-21(35(20)14-25(26,27)28)23-32-22(37-33-23)13-30-24(36)17-11-15(17)5-8-29;1-2/h2-4,12,15-17,31H,5-7,9-11,13-14H2,1H3,(H,30,36);1-2H3. The number of piperidine rings is 1. The molecule has 39 heavy (non-hydrogen) atoms. The van der Waals surface area contributed by atoms with Crippen LogP contribution in [0.5, 0.6) is 0 Å². The first kappa shape index (κ1) is 28.4. The fourth-order valence-electron chi connectivity index (χ4n) is 4.95. The quantitative estimate of drug-likeness (QED) is 0.412. The van der Waals surface area contributed by atoms with Crippen LogP contribution in [0.1, 0.15) is 45.4 Å². The number of rotatable bonds is 8. The van der Waals surface area contributed by atoms with Crippen LogP contribution in [0, 0.1) is 23.2 Å². The molecule has 9 nitrogen and oxygen atoms in total. The van der Waals surface area contributed by atoms with Crippen molar-refractivity contribution in [2.75, 3.05) is 25.5 Å². The fraction of sp³-hybridized carbons (Fsp3) is 0.556. The van der Waals surface area contributed by atoms with Crippen LogP contribution in [0.15, 0.2) is 28.8 Å². The summed E-state index contributed by atoms with van der Waals surface area (Å²) >= 11 is 0. The highest BCUT2D eigenvalue weighted by atomic mass is 19.4. The number of hydrogen-bond donors (Lipinski definition) is 2. The summed E-state index contributed by atoms with van der Waals surface area (Å²) in [5.41, 5.74) is 1.37. The summed E-state index contributed by atoms with van der Waals surface area (Å²) in [6.45, 7) is 4.67. The van der Waals surface area contributed by atoms with Gasteiger partial charge >= 0.3 is 6.18 Å². The highest BCUT2D eigenvalue weighted by Gasteiger charge is 2.42. The summed E-state index contributed by atoms with van der Waals surface area (Å²) in [6, 6.07) is 9.21. The van der Waals surface area contributed by atoms with Crippen LogP contribution in [-0.4, -0.2) is 57.9 Å². The van der Waals surface area contributed by atoms with Gasteiger partial charge in [0, 0.05) is 29.5 Å². The molecule has 1 saturated heterocycles. The molecular formula is C27H34F3N7O2. The first-order chi connectivity index (χ1) is 18.7. The summed E-state index contributed by atoms with van der Waals surface area (Å²) < 4.78 is 47.1. The van der Waals surface area contributed by atoms with E-state index in [1.807, 2.05) is 19.9 Å². The van der Waals surface area contributed by atoms with E-state index in [-0.39, 0.29) is 47.7 Å². The normalized spacial score (nSPS) is 19.7. The molecule has 12 heteroatoms. The van der Waals surface area contributed by atoms with Gasteiger partial charge in [0.15, 0.2) is 0 Å². The molecule has 0 bridgehead atoms. The lowest BCUT2D eigenvalue weighted by Gasteiger charge is -2.30. The van der Waals surface area contributed by atoms with Gasteiger partial charge in [-0.25, -0.2) is 0 Å². The molecule has 1 aliphatic carbocycles. The Balaban J connectivity index is 0.00000172. The molecule has 1 aliphatic heterocycles. The van der Waals surface area contributed by atoms with E-state index in [9.17, 15) is 18.0 Å². The lowest BCUT2D eigenvalue weighted by atomic mass is 10.0. The molecule has 1 aromatic carbocycles. The van der Waals surface area contributed by atoms with Crippen molar-refractivity contribution in [3.63, 3.8) is 0 Å². The van der Waals surface area contributed by atoms with Crippen molar-refractivity contribution in [2.24, 2.45) is 11.8 Å². The van der Waals surface area contributed by atoms with Gasteiger partial charge in [-0.1, -0.05) is 25.1 Å². The van der Waals surface area contributed by atoms with E-state index in [0.717, 1.165) is 36.2 Å². The summed E-state index contributed by atoms with van der Waals surface area (Å²) in [6.07, 6.45) is -1.56. The monoisotopic (exact) mass is 545 g/mol. The first-order valence-electron chi connectivity index (χ1n) is 13.3. The molecular weight excluding hydrogens is 511 g/mol. The number of nitrogens with zero attached hydrogens (tertiary/aromatic N) is 5. The molecule has 1 amide bonds. The van der Waals surface area contributed by atoms with Gasteiger partial charge in [-0.3, -0.25) is 4.79 Å². The number of amides is 1. The van der Waals surface area contributed by atoms with Crippen molar-refractivity contribution >= 4 is 22.5 Å². The van der Waals surface area contributed by atoms with Crippen molar-refractivity contribution in [2.45, 2.75) is 64.8 Å². The summed E-state index contributed by atoms with van der Waals surface area (Å²) in [5.74, 6) is -0.223. The smallest absolute Gasteiger partial charge is 0.382 e. The molecule has 3 heterocycles. The number of likely N-dealkylation sites (tertiary alicyclic amines) is 1. The number of halogens is 3. The van der Waals surface area contributed by atoms with Crippen LogP contribution in [0.2, 0.25) is 0 Å². The molecule has 0 radical (unpaired) electrons. The van der Waals surface area contributed by atoms with E-state index < -0.39 is 12.7 Å². The molecule has 2 unspecified atom stereocenters. The Hall–Kier alpha value is -3.59. The van der Waals surface area contributed by atoms with Crippen LogP contribution in [0.4, 0.5) is 18.9 Å². The number of fused-ring (bicyclic) bond motifs is 1. The second-order valence-corrected chi connectivity index (χ2v) is 9.89. The predicted molar refractivity (Wildman–Crippen MR) is 140 cm³/mol. The Labute approximate surface area is 225 Å². The van der Waals surface area contributed by atoms with Crippen molar-refractivity contribution in [1.82, 2.24) is 24.9 Å². The second kappa shape index (κ2) is 12.1. The lowest BCUT2D eigenvalue weighted by molar-refractivity contribution is -0.139. The van der Waals surface area contributed by atoms with E-state index >= 15 is 0 Å². The van der Waals surface area contributed by atoms with Gasteiger partial charge in [0.25, 0.3) is 0 Å². The zero-order valence-electron chi connectivity index (χ0n) is 22.4. The SMILES string of the molecule is CC.CN1CCC(Nc2cccc3c2cc(-c2noc(CNC(=O)C4CC4CC#N)n2)n3CC(F)(F)F)CC1. The molecule has 2 aliphatic rings. The Morgan fingerprint density at radius 2 is 2.00 bits per heavy atom. The van der Waals surface area contributed by atoms with Crippen molar-refractivity contribution in [3.8, 4) is 17.6 Å². The van der Waals surface area contributed by atoms with Gasteiger partial charge in [0.05, 0.1) is 23.8 Å². The minimum Gasteiger partial charge on any atom is -0.382 e. The maximum atomic E-state index is 13.6. The molecule has 0 spiro atoms. The summed E-state index contributed by atoms with van der Waals surface area (Å²) in [5, 5.41) is 19.5. The summed E-state index contributed by atoms with van der Waals surface area (Å²) in [4.78, 5) is 18.8. The van der Waals surface area contributed by atoms with E-state index in [4.69, 9.17) is 9.78 Å². The highest BCUT2D eigenvalue weighted by molar-refractivity contribution is 5.96. The molecule has 2 fully saturated rings. The number of aromatic nitrogens is 3. The number of anilines is 1. The molecule has 3 aromatic rings. The maximum absolute atomic E-state index is 13.6. The second-order valence-electron chi connectivity index (χ2n) is 9.89. The van der Waals surface area contributed by atoms with E-state index in [0.29, 0.717) is 23.7 Å². The topological polar surface area (TPSA) is 112 Å². The number of hydrogen-bond acceptors (Lipinski definition) is 7. The minimum atomic E-state index is -4.46. The average molecular weight is 546 g/mol. The van der Waals surface area contributed by atoms with E-state index in [1.54, 1.807) is 18.2 Å². The Kier molecular flexibility index (Phi) is 8.80. The maximum Gasteiger partial charge on any atom is 0.406 e. The molecule has 210 valence electrons. The number of carbonyl (C=O) groups excluding carboxylic acids is 1. The zero-order chi connectivity index (χ0) is 28.2. The van der Waals surface area contributed by atoms with Gasteiger partial charge in [-0.05, 0) is 63.5 Å². The van der Waals surface area contributed by atoms with Gasteiger partial charge in [-0.15, -0.1) is 0 Å². The number of nitriles is 1. The van der Waals surface area contributed by atoms with Gasteiger partial charge in [0.1, 0.15) is 6.54 Å². The average Bonchev–Trinajstić information content (AvgIpc) is 3.36. The van der Waals surface area contributed by atoms with Crippen LogP contribution in [0.3, 0.4) is 0 Å². The zero-order valence-corrected chi connectivity index (χ0v) is 22.4. The fourth-order valence-corrected chi connectivity index (χ4v) is 4.95. The third-order valence-corrected chi connectivity index (χ3v) is 7.09. The van der Waals surface area contributed by atoms with Gasteiger partial charge < -0.3 is 24.6 Å². The van der Waals surface area contributed by atoms with Crippen molar-refractivity contribution < 1.29 is 22.5 Å². The molecule has 5 rings (SSSR count). The Morgan fingerprint density at radius 3 is 2.69 bits per heavy atom. The highest BCUT2D eigenvalue weighted by Crippen LogP contribution is 2.41. The lowest BCUT2D eigenvalue weighted by Crippen LogP contribution is -2.36. The van der Waals surface area contributed by atoms with Crippen LogP contribution in [-0.2, 0) is 17.9 Å². The number of alkyl halides is 3. The van der Waals surface area contributed by atoms with Gasteiger partial charge in [0.2, 0.25) is 17.6 Å². The molecule has 1 saturated carbocycles. The Bertz CT molecular complexity index is 1320. The predicted octanol–water partition coefficient (Wildman–Crippen LogP) is 4.95. The van der Waals surface area contributed by atoms with E-state index in [2.05, 4.69) is 38.8 Å². The van der Waals surface area contributed by atoms with E-state index in [1.165, 1.54) is 0 Å². The first-order valence-corrected chi connectivity index (χ1v) is 13.3. The number of carbonyl (C=O) groups is 1. The molecule has 2 aromatic heterocycles. The van der Waals surface area contributed by atoms with Crippen molar-refractivity contribution in [3.05, 3.63) is 30.2 Å². The minimum absolute atomic E-state index is 0.0173. The van der Waals surface area contributed by atoms with Crippen LogP contribution < -0.4 is 10.6 Å². The largest absolute Gasteiger partial charge is 0.406 e. The van der Waals surface area contributed by atoms with Crippen molar-refractivity contribution in [1.29, 1.82) is 5.26 Å². The molecule has 2 N–H and O–H groups in total. The van der Waals surface area contributed by atoms with Crippen LogP contribution in [0.25, 0.3) is 22.4 Å². The number of nitrogens with one attached hydrogen (secondary N) is 2. The molecule has 2 atom stereocenters. The summed E-state index contributed by atoms with van der Waals surface area (Å²) in [7, 11) is 2.07. The third-order valence-electron chi connectivity index (χ3n) is 7.09. The van der Waals surface area contributed by atoms with Crippen LogP contribution >= 0.6 is 0 Å². The number of benzene rings is 1. The third kappa shape index (κ3) is 6.89. The van der Waals surface area contributed by atoms with Gasteiger partial charge in [-0.2, -0.15) is 23.4 Å².